The van der Waals surface area contributed by atoms with Crippen LogP contribution in [0.15, 0.2) is 24.3 Å². The molecular weight excluding hydrogens is 270 g/mol. The first kappa shape index (κ1) is 14.3. The molecule has 0 bridgehead atoms. The van der Waals surface area contributed by atoms with E-state index in [0.29, 0.717) is 0 Å². The molecule has 2 heterocycles. The number of anilines is 1. The molecule has 6 heteroatoms. The summed E-state index contributed by atoms with van der Waals surface area (Å²) in [7, 11) is 0. The summed E-state index contributed by atoms with van der Waals surface area (Å²) in [5.41, 5.74) is 7.58. The predicted octanol–water partition coefficient (Wildman–Crippen LogP) is -0.575. The minimum atomic E-state index is -0.392. The van der Waals surface area contributed by atoms with Gasteiger partial charge in [0.25, 0.3) is 0 Å². The Morgan fingerprint density at radius 3 is 2.57 bits per heavy atom. The van der Waals surface area contributed by atoms with Crippen molar-refractivity contribution in [3.63, 3.8) is 0 Å². The lowest BCUT2D eigenvalue weighted by molar-refractivity contribution is -0.123. The van der Waals surface area contributed by atoms with Gasteiger partial charge in [0.15, 0.2) is 0 Å². The van der Waals surface area contributed by atoms with Gasteiger partial charge in [0.2, 0.25) is 5.91 Å². The van der Waals surface area contributed by atoms with E-state index in [9.17, 15) is 9.90 Å². The first-order chi connectivity index (χ1) is 10.2. The number of aliphatic hydroxyl groups is 1. The topological polar surface area (TPSA) is 87.8 Å². The highest BCUT2D eigenvalue weighted by atomic mass is 16.5. The number of nitrogens with one attached hydrogen (secondary N) is 1. The van der Waals surface area contributed by atoms with E-state index in [1.54, 1.807) is 0 Å². The number of hydrogen-bond acceptors (Lipinski definition) is 5. The molecule has 3 atom stereocenters. The van der Waals surface area contributed by atoms with Gasteiger partial charge in [-0.1, -0.05) is 12.1 Å². The van der Waals surface area contributed by atoms with Crippen LogP contribution in [0.4, 0.5) is 5.69 Å². The Morgan fingerprint density at radius 2 is 2.00 bits per heavy atom. The van der Waals surface area contributed by atoms with Crippen LogP contribution >= 0.6 is 0 Å². The largest absolute Gasteiger partial charge is 0.395 e. The molecule has 0 saturated carbocycles. The fourth-order valence-electron chi connectivity index (χ4n) is 3.13. The molecule has 1 aromatic rings. The zero-order chi connectivity index (χ0) is 14.8. The van der Waals surface area contributed by atoms with Crippen molar-refractivity contribution in [3.05, 3.63) is 29.8 Å². The van der Waals surface area contributed by atoms with Crippen LogP contribution in [0, 0.1) is 0 Å². The van der Waals surface area contributed by atoms with E-state index in [1.165, 1.54) is 0 Å². The average molecular weight is 291 g/mol. The van der Waals surface area contributed by atoms with Crippen LogP contribution in [0.1, 0.15) is 11.5 Å². The van der Waals surface area contributed by atoms with Gasteiger partial charge < -0.3 is 20.5 Å². The summed E-state index contributed by atoms with van der Waals surface area (Å²) in [4.78, 5) is 13.7. The number of nitrogens with zero attached hydrogens (tertiary/aromatic N) is 1. The second kappa shape index (κ2) is 6.01. The van der Waals surface area contributed by atoms with Crippen molar-refractivity contribution >= 4 is 11.6 Å². The third-order valence-corrected chi connectivity index (χ3v) is 4.34. The van der Waals surface area contributed by atoms with Gasteiger partial charge in [0.05, 0.1) is 25.9 Å². The fourth-order valence-corrected chi connectivity index (χ4v) is 3.13. The van der Waals surface area contributed by atoms with Crippen LogP contribution in [-0.2, 0) is 9.53 Å². The number of rotatable bonds is 4. The van der Waals surface area contributed by atoms with Crippen LogP contribution in [0.5, 0.6) is 0 Å². The minimum absolute atomic E-state index is 0.000335. The quantitative estimate of drug-likeness (QED) is 0.691. The van der Waals surface area contributed by atoms with Crippen molar-refractivity contribution in [1.82, 2.24) is 5.32 Å². The van der Waals surface area contributed by atoms with E-state index < -0.39 is 6.04 Å². The maximum Gasteiger partial charge on any atom is 0.235 e. The Hall–Kier alpha value is -1.63. The van der Waals surface area contributed by atoms with Crippen LogP contribution in [0.2, 0.25) is 0 Å². The molecule has 1 aromatic carbocycles. The molecule has 0 unspecified atom stereocenters. The van der Waals surface area contributed by atoms with E-state index >= 15 is 0 Å². The maximum atomic E-state index is 11.4. The number of carbonyl (C=O) groups excluding carboxylic acids is 1. The number of benzene rings is 1. The van der Waals surface area contributed by atoms with Crippen molar-refractivity contribution in [2.24, 2.45) is 5.73 Å². The summed E-state index contributed by atoms with van der Waals surface area (Å²) in [5.74, 6) is -0.423. The zero-order valence-electron chi connectivity index (χ0n) is 11.9. The lowest BCUT2D eigenvalue weighted by Crippen LogP contribution is -2.66. The third kappa shape index (κ3) is 2.74. The smallest absolute Gasteiger partial charge is 0.235 e. The normalized spacial score (nSPS) is 29.0. The van der Waals surface area contributed by atoms with Crippen LogP contribution in [-0.4, -0.2) is 56.0 Å². The molecule has 4 N–H and O–H groups in total. The van der Waals surface area contributed by atoms with E-state index in [-0.39, 0.29) is 24.5 Å². The van der Waals surface area contributed by atoms with Crippen molar-refractivity contribution in [3.8, 4) is 0 Å². The number of morpholine rings is 1. The van der Waals surface area contributed by atoms with Gasteiger partial charge in [-0.15, -0.1) is 0 Å². The van der Waals surface area contributed by atoms with Crippen molar-refractivity contribution in [2.75, 3.05) is 37.8 Å². The van der Waals surface area contributed by atoms with Crippen molar-refractivity contribution in [2.45, 2.75) is 18.0 Å². The Balaban J connectivity index is 1.74. The number of nitrogens with two attached hydrogens (primary N) is 1. The third-order valence-electron chi connectivity index (χ3n) is 4.34. The summed E-state index contributed by atoms with van der Waals surface area (Å²) in [6.07, 6.45) is 0. The molecule has 114 valence electrons. The first-order valence-corrected chi connectivity index (χ1v) is 7.29. The van der Waals surface area contributed by atoms with E-state index in [4.69, 9.17) is 10.5 Å². The molecule has 0 aliphatic carbocycles. The van der Waals surface area contributed by atoms with Gasteiger partial charge in [-0.25, -0.2) is 0 Å². The summed E-state index contributed by atoms with van der Waals surface area (Å²) >= 11 is 0. The van der Waals surface area contributed by atoms with Gasteiger partial charge in [0.1, 0.15) is 0 Å². The van der Waals surface area contributed by atoms with Gasteiger partial charge in [-0.05, 0) is 17.7 Å². The molecule has 0 spiro atoms. The van der Waals surface area contributed by atoms with Gasteiger partial charge in [-0.3, -0.25) is 10.1 Å². The molecule has 2 fully saturated rings. The number of amides is 1. The molecule has 2 aliphatic rings. The number of hydrogen-bond donors (Lipinski definition) is 3. The summed E-state index contributed by atoms with van der Waals surface area (Å²) in [5, 5.41) is 12.3. The molecule has 21 heavy (non-hydrogen) atoms. The maximum absolute atomic E-state index is 11.4. The van der Waals surface area contributed by atoms with Gasteiger partial charge >= 0.3 is 0 Å². The Labute approximate surface area is 123 Å². The number of carbonyl (C=O) groups is 1. The fraction of sp³-hybridized carbons (Fsp3) is 0.533. The lowest BCUT2D eigenvalue weighted by atomic mass is 9.77. The molecule has 0 radical (unpaired) electrons. The predicted molar refractivity (Wildman–Crippen MR) is 79.2 cm³/mol. The second-order valence-corrected chi connectivity index (χ2v) is 5.55. The van der Waals surface area contributed by atoms with Gasteiger partial charge in [-0.2, -0.15) is 0 Å². The van der Waals surface area contributed by atoms with Crippen LogP contribution in [0.3, 0.4) is 0 Å². The molecule has 3 rings (SSSR count). The number of ether oxygens (including phenoxy) is 1. The molecule has 0 aromatic heterocycles. The molecule has 2 saturated heterocycles. The monoisotopic (exact) mass is 291 g/mol. The number of primary amides is 1. The highest BCUT2D eigenvalue weighted by Gasteiger charge is 2.44. The second-order valence-electron chi connectivity index (χ2n) is 5.55. The van der Waals surface area contributed by atoms with E-state index in [0.717, 1.165) is 37.6 Å². The summed E-state index contributed by atoms with van der Waals surface area (Å²) < 4.78 is 5.35. The Bertz CT molecular complexity index is 499. The van der Waals surface area contributed by atoms with E-state index in [2.05, 4.69) is 22.3 Å². The average Bonchev–Trinajstić information content (AvgIpc) is 2.48. The number of aliphatic hydroxyl groups excluding tert-OH is 1. The molecular formula is C15H21N3O3. The minimum Gasteiger partial charge on any atom is -0.395 e. The zero-order valence-corrected chi connectivity index (χ0v) is 11.9. The SMILES string of the molecule is NC(=O)[C@@H]1N[C@@H](CO)[C@H]1c1ccc(N2CCOCC2)cc1. The van der Waals surface area contributed by atoms with Crippen molar-refractivity contribution < 1.29 is 14.6 Å². The highest BCUT2D eigenvalue weighted by Crippen LogP contribution is 2.33. The van der Waals surface area contributed by atoms with Crippen molar-refractivity contribution in [1.29, 1.82) is 0 Å². The first-order valence-electron chi connectivity index (χ1n) is 7.29. The lowest BCUT2D eigenvalue weighted by Gasteiger charge is -2.44. The Morgan fingerprint density at radius 1 is 1.33 bits per heavy atom. The van der Waals surface area contributed by atoms with E-state index in [1.807, 2.05) is 12.1 Å². The standard InChI is InChI=1S/C15H21N3O3/c16-15(20)14-13(12(9-19)17-14)10-1-3-11(4-2-10)18-5-7-21-8-6-18/h1-4,12-14,17,19H,5-9H2,(H2,16,20)/t12-,13+,14+/m0/s1. The molecule has 2 aliphatic heterocycles. The summed E-state index contributed by atoms with van der Waals surface area (Å²) in [6.45, 7) is 3.30. The highest BCUT2D eigenvalue weighted by molar-refractivity contribution is 5.82. The molecule has 1 amide bonds. The van der Waals surface area contributed by atoms with Gasteiger partial charge in [0, 0.05) is 30.7 Å². The van der Waals surface area contributed by atoms with Crippen LogP contribution in [0.25, 0.3) is 0 Å². The molecule has 6 nitrogen and oxygen atoms in total. The summed E-state index contributed by atoms with van der Waals surface area (Å²) in [6, 6.07) is 7.67. The Kier molecular flexibility index (Phi) is 4.10. The van der Waals surface area contributed by atoms with Crippen LogP contribution < -0.4 is 16.0 Å².